The molecule has 2 heterocycles. The number of nitrogen functional groups attached to an aromatic ring is 1. The van der Waals surface area contributed by atoms with Crippen molar-refractivity contribution in [3.05, 3.63) is 23.5 Å². The van der Waals surface area contributed by atoms with Gasteiger partial charge in [-0.05, 0) is 18.6 Å². The van der Waals surface area contributed by atoms with Gasteiger partial charge in [-0.3, -0.25) is 0 Å². The molecule has 0 bridgehead atoms. The van der Waals surface area contributed by atoms with Gasteiger partial charge in [0, 0.05) is 12.0 Å². The first kappa shape index (κ1) is 10.8. The Morgan fingerprint density at radius 3 is 2.75 bits per heavy atom. The van der Waals surface area contributed by atoms with E-state index in [0.29, 0.717) is 17.3 Å². The Kier molecular flexibility index (Phi) is 2.99. The van der Waals surface area contributed by atoms with Crippen molar-refractivity contribution in [2.45, 2.75) is 33.1 Å². The fourth-order valence-electron chi connectivity index (χ4n) is 1.70. The molecule has 16 heavy (non-hydrogen) atoms. The van der Waals surface area contributed by atoms with Crippen LogP contribution in [0.1, 0.15) is 31.6 Å². The number of rotatable bonds is 4. The van der Waals surface area contributed by atoms with Gasteiger partial charge in [-0.2, -0.15) is 0 Å². The number of anilines is 1. The molecule has 0 saturated heterocycles. The zero-order valence-electron chi connectivity index (χ0n) is 9.62. The zero-order chi connectivity index (χ0) is 11.5. The van der Waals surface area contributed by atoms with Crippen molar-refractivity contribution in [1.29, 1.82) is 0 Å². The second-order valence-corrected chi connectivity index (χ2v) is 3.75. The largest absolute Gasteiger partial charge is 0.458 e. The van der Waals surface area contributed by atoms with Crippen LogP contribution >= 0.6 is 0 Å². The average Bonchev–Trinajstić information content (AvgIpc) is 2.87. The zero-order valence-corrected chi connectivity index (χ0v) is 9.62. The smallest absolute Gasteiger partial charge is 0.207 e. The summed E-state index contributed by atoms with van der Waals surface area (Å²) in [6.45, 7) is 4.14. The van der Waals surface area contributed by atoms with Crippen molar-refractivity contribution < 1.29 is 8.94 Å². The molecule has 0 aliphatic carbocycles. The Morgan fingerprint density at radius 1 is 1.31 bits per heavy atom. The highest BCUT2D eigenvalue weighted by molar-refractivity contribution is 5.61. The van der Waals surface area contributed by atoms with E-state index in [2.05, 4.69) is 12.1 Å². The minimum absolute atomic E-state index is 0.464. The molecule has 4 heteroatoms. The number of furan rings is 1. The summed E-state index contributed by atoms with van der Waals surface area (Å²) >= 11 is 0. The Bertz CT molecular complexity index is 471. The van der Waals surface area contributed by atoms with Crippen LogP contribution in [-0.4, -0.2) is 5.16 Å². The lowest BCUT2D eigenvalue weighted by Crippen LogP contribution is -1.92. The second kappa shape index (κ2) is 4.43. The Balaban J connectivity index is 2.39. The third-order valence-electron chi connectivity index (χ3n) is 2.55. The molecule has 2 aromatic heterocycles. The molecule has 0 aliphatic rings. The highest BCUT2D eigenvalue weighted by Crippen LogP contribution is 2.30. The quantitative estimate of drug-likeness (QED) is 0.860. The monoisotopic (exact) mass is 220 g/mol. The van der Waals surface area contributed by atoms with Gasteiger partial charge in [0.15, 0.2) is 11.6 Å². The van der Waals surface area contributed by atoms with Gasteiger partial charge in [-0.15, -0.1) is 0 Å². The van der Waals surface area contributed by atoms with Crippen molar-refractivity contribution in [3.63, 3.8) is 0 Å². The molecular weight excluding hydrogens is 204 g/mol. The number of hydrogen-bond acceptors (Lipinski definition) is 4. The van der Waals surface area contributed by atoms with Crippen molar-refractivity contribution in [2.24, 2.45) is 0 Å². The lowest BCUT2D eigenvalue weighted by Gasteiger charge is -1.97. The first-order valence-electron chi connectivity index (χ1n) is 5.59. The van der Waals surface area contributed by atoms with E-state index in [9.17, 15) is 0 Å². The number of hydrogen-bond donors (Lipinski definition) is 1. The molecular formula is C12H16N2O2. The van der Waals surface area contributed by atoms with Crippen molar-refractivity contribution in [1.82, 2.24) is 5.16 Å². The minimum Gasteiger partial charge on any atom is -0.458 e. The van der Waals surface area contributed by atoms with E-state index in [-0.39, 0.29) is 0 Å². The summed E-state index contributed by atoms with van der Waals surface area (Å²) in [6.07, 6.45) is 2.72. The standard InChI is InChI=1S/C12H16N2O2/c1-3-5-9-11(16-14-12(9)13)10-7-6-8(4-2)15-10/h6-7H,3-5H2,1-2H3,(H2,13,14). The van der Waals surface area contributed by atoms with Gasteiger partial charge >= 0.3 is 0 Å². The van der Waals surface area contributed by atoms with E-state index < -0.39 is 0 Å². The molecule has 0 saturated carbocycles. The number of nitrogens with two attached hydrogens (primary N) is 1. The maximum absolute atomic E-state index is 5.76. The summed E-state index contributed by atoms with van der Waals surface area (Å²) in [5, 5.41) is 3.79. The second-order valence-electron chi connectivity index (χ2n) is 3.75. The van der Waals surface area contributed by atoms with Crippen molar-refractivity contribution in [3.8, 4) is 11.5 Å². The molecule has 0 amide bonds. The average molecular weight is 220 g/mol. The van der Waals surface area contributed by atoms with Crippen molar-refractivity contribution >= 4 is 5.82 Å². The topological polar surface area (TPSA) is 65.2 Å². The summed E-state index contributed by atoms with van der Waals surface area (Å²) in [5.41, 5.74) is 6.70. The Labute approximate surface area is 94.4 Å². The summed E-state index contributed by atoms with van der Waals surface area (Å²) < 4.78 is 10.9. The predicted octanol–water partition coefficient (Wildman–Crippen LogP) is 3.03. The van der Waals surface area contributed by atoms with Crippen LogP contribution in [0.25, 0.3) is 11.5 Å². The number of aryl methyl sites for hydroxylation is 1. The van der Waals surface area contributed by atoms with E-state index in [4.69, 9.17) is 14.7 Å². The molecule has 86 valence electrons. The third kappa shape index (κ3) is 1.83. The number of aromatic nitrogens is 1. The van der Waals surface area contributed by atoms with Crippen LogP contribution < -0.4 is 5.73 Å². The van der Waals surface area contributed by atoms with Gasteiger partial charge in [0.25, 0.3) is 0 Å². The number of nitrogens with zero attached hydrogens (tertiary/aromatic N) is 1. The molecule has 4 nitrogen and oxygen atoms in total. The van der Waals surface area contributed by atoms with E-state index in [1.165, 1.54) is 0 Å². The predicted molar refractivity (Wildman–Crippen MR) is 62.0 cm³/mol. The molecule has 0 radical (unpaired) electrons. The van der Waals surface area contributed by atoms with Crippen LogP contribution in [0.3, 0.4) is 0 Å². The first-order valence-corrected chi connectivity index (χ1v) is 5.59. The Morgan fingerprint density at radius 2 is 2.12 bits per heavy atom. The fraction of sp³-hybridized carbons (Fsp3) is 0.417. The van der Waals surface area contributed by atoms with Gasteiger partial charge in [0.05, 0.1) is 0 Å². The van der Waals surface area contributed by atoms with Crippen LogP contribution in [0.15, 0.2) is 21.1 Å². The Hall–Kier alpha value is -1.71. The fourth-order valence-corrected chi connectivity index (χ4v) is 1.70. The lowest BCUT2D eigenvalue weighted by molar-refractivity contribution is 0.415. The van der Waals surface area contributed by atoms with Gasteiger partial charge in [0.2, 0.25) is 5.76 Å². The third-order valence-corrected chi connectivity index (χ3v) is 2.55. The van der Waals surface area contributed by atoms with Gasteiger partial charge < -0.3 is 14.7 Å². The van der Waals surface area contributed by atoms with Crippen LogP contribution in [0.2, 0.25) is 0 Å². The molecule has 0 aliphatic heterocycles. The highest BCUT2D eigenvalue weighted by Gasteiger charge is 2.17. The van der Waals surface area contributed by atoms with E-state index in [0.717, 1.165) is 30.6 Å². The van der Waals surface area contributed by atoms with Crippen LogP contribution in [0, 0.1) is 0 Å². The van der Waals surface area contributed by atoms with Gasteiger partial charge in [-0.1, -0.05) is 25.4 Å². The molecule has 0 atom stereocenters. The summed E-state index contributed by atoms with van der Waals surface area (Å²) in [6, 6.07) is 3.85. The van der Waals surface area contributed by atoms with Crippen LogP contribution in [0.5, 0.6) is 0 Å². The van der Waals surface area contributed by atoms with E-state index >= 15 is 0 Å². The van der Waals surface area contributed by atoms with Crippen molar-refractivity contribution in [2.75, 3.05) is 5.73 Å². The molecule has 0 spiro atoms. The maximum Gasteiger partial charge on any atom is 0.207 e. The molecule has 0 unspecified atom stereocenters. The highest BCUT2D eigenvalue weighted by atomic mass is 16.5. The van der Waals surface area contributed by atoms with E-state index in [1.807, 2.05) is 19.1 Å². The summed E-state index contributed by atoms with van der Waals surface area (Å²) in [7, 11) is 0. The van der Waals surface area contributed by atoms with Crippen LogP contribution in [0.4, 0.5) is 5.82 Å². The molecule has 0 aromatic carbocycles. The molecule has 2 N–H and O–H groups in total. The molecule has 0 fully saturated rings. The molecule has 2 rings (SSSR count). The summed E-state index contributed by atoms with van der Waals surface area (Å²) in [5.74, 6) is 2.78. The van der Waals surface area contributed by atoms with Crippen LogP contribution in [-0.2, 0) is 12.8 Å². The normalized spacial score (nSPS) is 10.9. The first-order chi connectivity index (χ1) is 7.76. The van der Waals surface area contributed by atoms with Gasteiger partial charge in [-0.25, -0.2) is 0 Å². The SMILES string of the molecule is CCCc1c(N)noc1-c1ccc(CC)o1. The minimum atomic E-state index is 0.464. The molecule has 2 aromatic rings. The van der Waals surface area contributed by atoms with E-state index in [1.54, 1.807) is 0 Å². The van der Waals surface area contributed by atoms with Gasteiger partial charge in [0.1, 0.15) is 5.76 Å². The lowest BCUT2D eigenvalue weighted by atomic mass is 10.1. The summed E-state index contributed by atoms with van der Waals surface area (Å²) in [4.78, 5) is 0. The maximum atomic E-state index is 5.76.